The van der Waals surface area contributed by atoms with Crippen molar-refractivity contribution in [1.29, 1.82) is 0 Å². The van der Waals surface area contributed by atoms with Crippen molar-refractivity contribution >= 4 is 21.6 Å². The molecule has 1 aromatic carbocycles. The fourth-order valence-corrected chi connectivity index (χ4v) is 3.93. The molecule has 0 atom stereocenters. The fourth-order valence-electron chi connectivity index (χ4n) is 2.98. The van der Waals surface area contributed by atoms with Gasteiger partial charge in [0.2, 0.25) is 0 Å². The molecule has 0 aliphatic carbocycles. The number of aromatic nitrogens is 2. The number of aryl methyl sites for hydroxylation is 2. The van der Waals surface area contributed by atoms with Gasteiger partial charge in [0.15, 0.2) is 0 Å². The Morgan fingerprint density at radius 3 is 2.72 bits per heavy atom. The minimum absolute atomic E-state index is 0.0151. The monoisotopic (exact) mass is 358 g/mol. The van der Waals surface area contributed by atoms with Gasteiger partial charge in [0, 0.05) is 30.0 Å². The van der Waals surface area contributed by atoms with Gasteiger partial charge in [-0.05, 0) is 19.1 Å². The molecule has 25 heavy (non-hydrogen) atoms. The van der Waals surface area contributed by atoms with Crippen LogP contribution in [0.1, 0.15) is 18.3 Å². The maximum atomic E-state index is 13.2. The molecule has 6 heteroatoms. The highest BCUT2D eigenvalue weighted by Crippen LogP contribution is 2.37. The molecular weight excluding hydrogens is 336 g/mol. The van der Waals surface area contributed by atoms with E-state index in [1.54, 1.807) is 18.8 Å². The molecule has 3 aromatic rings. The van der Waals surface area contributed by atoms with E-state index in [2.05, 4.69) is 0 Å². The molecule has 132 valence electrons. The third-order valence-electron chi connectivity index (χ3n) is 4.25. The highest BCUT2D eigenvalue weighted by atomic mass is 32.1. The maximum Gasteiger partial charge on any atom is 0.262 e. The average Bonchev–Trinajstić information content (AvgIpc) is 3.04. The summed E-state index contributed by atoms with van der Waals surface area (Å²) in [6.45, 7) is 5.02. The lowest BCUT2D eigenvalue weighted by atomic mass is 10.0. The van der Waals surface area contributed by atoms with E-state index >= 15 is 0 Å². The summed E-state index contributed by atoms with van der Waals surface area (Å²) < 4.78 is 12.4. The lowest BCUT2D eigenvalue weighted by molar-refractivity contribution is 0.185. The molecule has 0 bridgehead atoms. The van der Waals surface area contributed by atoms with Crippen molar-refractivity contribution in [2.75, 3.05) is 20.8 Å². The van der Waals surface area contributed by atoms with Gasteiger partial charge in [0.05, 0.1) is 25.6 Å². The number of benzene rings is 1. The summed E-state index contributed by atoms with van der Waals surface area (Å²) >= 11 is 1.50. The summed E-state index contributed by atoms with van der Waals surface area (Å²) in [5.41, 5.74) is 2.91. The van der Waals surface area contributed by atoms with Gasteiger partial charge < -0.3 is 9.47 Å². The van der Waals surface area contributed by atoms with Gasteiger partial charge in [0.25, 0.3) is 5.56 Å². The van der Waals surface area contributed by atoms with Gasteiger partial charge in [-0.25, -0.2) is 4.98 Å². The number of thiophene rings is 1. The van der Waals surface area contributed by atoms with Crippen LogP contribution in [0.5, 0.6) is 5.75 Å². The van der Waals surface area contributed by atoms with E-state index in [9.17, 15) is 4.79 Å². The second kappa shape index (κ2) is 7.37. The predicted molar refractivity (Wildman–Crippen MR) is 102 cm³/mol. The minimum Gasteiger partial charge on any atom is -0.496 e. The first-order valence-corrected chi connectivity index (χ1v) is 9.13. The number of rotatable bonds is 6. The van der Waals surface area contributed by atoms with Gasteiger partial charge in [-0.15, -0.1) is 11.3 Å². The molecule has 0 saturated carbocycles. The molecule has 2 heterocycles. The lowest BCUT2D eigenvalue weighted by Crippen LogP contribution is -2.26. The van der Waals surface area contributed by atoms with Crippen LogP contribution in [0, 0.1) is 6.92 Å². The van der Waals surface area contributed by atoms with E-state index in [4.69, 9.17) is 14.5 Å². The molecule has 0 amide bonds. The number of hydrogen-bond acceptors (Lipinski definition) is 5. The number of ether oxygens (including phenoxy) is 2. The highest BCUT2D eigenvalue weighted by molar-refractivity contribution is 7.17. The van der Waals surface area contributed by atoms with Crippen LogP contribution < -0.4 is 10.3 Å². The summed E-state index contributed by atoms with van der Waals surface area (Å²) in [5, 5.41) is 2.65. The second-order valence-corrected chi connectivity index (χ2v) is 6.72. The molecule has 0 aliphatic heterocycles. The Bertz CT molecular complexity index is 959. The summed E-state index contributed by atoms with van der Waals surface area (Å²) in [4.78, 5) is 18.7. The van der Waals surface area contributed by atoms with Gasteiger partial charge in [-0.1, -0.05) is 18.6 Å². The molecular formula is C19H22N2O3S. The fraction of sp³-hybridized carbons (Fsp3) is 0.368. The van der Waals surface area contributed by atoms with Crippen LogP contribution >= 0.6 is 11.3 Å². The third-order valence-corrected chi connectivity index (χ3v) is 5.13. The van der Waals surface area contributed by atoms with Crippen molar-refractivity contribution in [1.82, 2.24) is 9.55 Å². The molecule has 0 spiro atoms. The van der Waals surface area contributed by atoms with Crippen LogP contribution in [-0.2, 0) is 17.7 Å². The zero-order valence-corrected chi connectivity index (χ0v) is 15.8. The Morgan fingerprint density at radius 2 is 2.04 bits per heavy atom. The van der Waals surface area contributed by atoms with Gasteiger partial charge >= 0.3 is 0 Å². The highest BCUT2D eigenvalue weighted by Gasteiger charge is 2.18. The maximum absolute atomic E-state index is 13.2. The van der Waals surface area contributed by atoms with E-state index < -0.39 is 0 Å². The van der Waals surface area contributed by atoms with Crippen LogP contribution in [0.3, 0.4) is 0 Å². The summed E-state index contributed by atoms with van der Waals surface area (Å²) in [5.74, 6) is 1.55. The quantitative estimate of drug-likeness (QED) is 0.675. The van der Waals surface area contributed by atoms with Crippen molar-refractivity contribution < 1.29 is 9.47 Å². The lowest BCUT2D eigenvalue weighted by Gasteiger charge is -2.12. The summed E-state index contributed by atoms with van der Waals surface area (Å²) in [7, 11) is 3.28. The Labute approximate surface area is 150 Å². The normalized spacial score (nSPS) is 11.2. The van der Waals surface area contributed by atoms with E-state index in [1.807, 2.05) is 37.4 Å². The zero-order valence-electron chi connectivity index (χ0n) is 15.0. The van der Waals surface area contributed by atoms with Crippen molar-refractivity contribution in [3.63, 3.8) is 0 Å². The van der Waals surface area contributed by atoms with Gasteiger partial charge in [-0.2, -0.15) is 0 Å². The number of methoxy groups -OCH3 is 2. The number of nitrogens with zero attached hydrogens (tertiary/aromatic N) is 2. The SMILES string of the molecule is CCc1nc2scc(-c3cc(C)ccc3OC)c2c(=O)n1CCOC. The van der Waals surface area contributed by atoms with Crippen molar-refractivity contribution in [2.24, 2.45) is 0 Å². The van der Waals surface area contributed by atoms with Crippen LogP contribution in [0.15, 0.2) is 28.4 Å². The molecule has 0 N–H and O–H groups in total. The molecule has 0 fully saturated rings. The van der Waals surface area contributed by atoms with Crippen LogP contribution in [0.4, 0.5) is 0 Å². The van der Waals surface area contributed by atoms with Gasteiger partial charge in [-0.3, -0.25) is 9.36 Å². The van der Waals surface area contributed by atoms with Gasteiger partial charge in [0.1, 0.15) is 16.4 Å². The standard InChI is InChI=1S/C19H22N2O3S/c1-5-16-20-18-17(19(22)21(16)8-9-23-3)14(11-25-18)13-10-12(2)6-7-15(13)24-4/h6-7,10-11H,5,8-9H2,1-4H3. The van der Waals surface area contributed by atoms with E-state index in [1.165, 1.54) is 11.3 Å². The number of hydrogen-bond donors (Lipinski definition) is 0. The smallest absolute Gasteiger partial charge is 0.262 e. The second-order valence-electron chi connectivity index (χ2n) is 5.86. The molecule has 0 unspecified atom stereocenters. The third kappa shape index (κ3) is 3.19. The van der Waals surface area contributed by atoms with Crippen LogP contribution in [-0.4, -0.2) is 30.4 Å². The summed E-state index contributed by atoms with van der Waals surface area (Å²) in [6.07, 6.45) is 0.704. The molecule has 2 aromatic heterocycles. The first kappa shape index (κ1) is 17.6. The van der Waals surface area contributed by atoms with Crippen LogP contribution in [0.25, 0.3) is 21.3 Å². The van der Waals surface area contributed by atoms with Crippen molar-refractivity contribution in [2.45, 2.75) is 26.8 Å². The zero-order chi connectivity index (χ0) is 18.0. The molecule has 0 saturated heterocycles. The van der Waals surface area contributed by atoms with E-state index in [0.717, 1.165) is 33.1 Å². The topological polar surface area (TPSA) is 53.3 Å². The Hall–Kier alpha value is -2.18. The van der Waals surface area contributed by atoms with E-state index in [-0.39, 0.29) is 5.56 Å². The van der Waals surface area contributed by atoms with Crippen molar-refractivity contribution in [3.8, 4) is 16.9 Å². The molecule has 3 rings (SSSR count). The first-order valence-electron chi connectivity index (χ1n) is 8.25. The largest absolute Gasteiger partial charge is 0.496 e. The van der Waals surface area contributed by atoms with Crippen molar-refractivity contribution in [3.05, 3.63) is 45.3 Å². The Morgan fingerprint density at radius 1 is 1.24 bits per heavy atom. The predicted octanol–water partition coefficient (Wildman–Crippen LogP) is 3.65. The molecule has 0 aliphatic rings. The molecule has 0 radical (unpaired) electrons. The van der Waals surface area contributed by atoms with E-state index in [0.29, 0.717) is 25.0 Å². The molecule has 5 nitrogen and oxygen atoms in total. The first-order chi connectivity index (χ1) is 12.1. The number of fused-ring (bicyclic) bond motifs is 1. The minimum atomic E-state index is -0.0151. The summed E-state index contributed by atoms with van der Waals surface area (Å²) in [6, 6.07) is 5.99. The Balaban J connectivity index is 2.28. The Kier molecular flexibility index (Phi) is 5.20. The average molecular weight is 358 g/mol. The van der Waals surface area contributed by atoms with Crippen LogP contribution in [0.2, 0.25) is 0 Å².